The van der Waals surface area contributed by atoms with Gasteiger partial charge in [0.25, 0.3) is 0 Å². The van der Waals surface area contributed by atoms with E-state index in [0.717, 1.165) is 12.5 Å². The lowest BCUT2D eigenvalue weighted by molar-refractivity contribution is 0.808. The van der Waals surface area contributed by atoms with E-state index in [1.54, 1.807) is 0 Å². The fourth-order valence-corrected chi connectivity index (χ4v) is 2.54. The maximum absolute atomic E-state index is 5.93. The molecule has 0 aromatic rings. The zero-order chi connectivity index (χ0) is 8.74. The van der Waals surface area contributed by atoms with Crippen LogP contribution in [0.1, 0.15) is 26.2 Å². The number of unbranched alkanes of at least 4 members (excludes halogenated alkanes) is 2. The minimum atomic E-state index is -1.80. The largest absolute Gasteiger partial charge is 0.248 e. The first-order valence-electron chi connectivity index (χ1n) is 4.05. The van der Waals surface area contributed by atoms with E-state index < -0.39 is 6.69 Å². The van der Waals surface area contributed by atoms with Gasteiger partial charge in [0, 0.05) is 0 Å². The van der Waals surface area contributed by atoms with Crippen molar-refractivity contribution >= 4 is 28.9 Å². The van der Waals surface area contributed by atoms with Crippen LogP contribution in [-0.4, -0.2) is 6.69 Å². The molecule has 0 atom stereocenters. The van der Waals surface area contributed by atoms with E-state index in [4.69, 9.17) is 22.2 Å². The summed E-state index contributed by atoms with van der Waals surface area (Å²) in [4.78, 5) is 0. The van der Waals surface area contributed by atoms with E-state index in [1.165, 1.54) is 12.8 Å². The van der Waals surface area contributed by atoms with Gasteiger partial charge in [0.1, 0.15) is 0 Å². The van der Waals surface area contributed by atoms with Crippen molar-refractivity contribution in [1.82, 2.24) is 0 Å². The number of allylic oxidation sites excluding steroid dienone is 2. The van der Waals surface area contributed by atoms with Crippen LogP contribution < -0.4 is 0 Å². The van der Waals surface area contributed by atoms with Crippen LogP contribution >= 0.6 is 22.2 Å². The Bertz CT molecular complexity index is 116. The van der Waals surface area contributed by atoms with Gasteiger partial charge in [0.15, 0.2) is 0 Å². The van der Waals surface area contributed by atoms with Crippen molar-refractivity contribution in [2.24, 2.45) is 0 Å². The molecule has 0 nitrogen and oxygen atoms in total. The highest BCUT2D eigenvalue weighted by atomic mass is 35.7. The molecule has 0 rings (SSSR count). The molecule has 66 valence electrons. The van der Waals surface area contributed by atoms with Crippen molar-refractivity contribution in [2.45, 2.75) is 38.8 Å². The topological polar surface area (TPSA) is 0 Å². The Hall–Kier alpha value is 0.537. The Balaban J connectivity index is 3.15. The third-order valence-corrected chi connectivity index (χ3v) is 3.84. The molecule has 0 unspecified atom stereocenters. The number of rotatable bonds is 5. The van der Waals surface area contributed by atoms with Crippen LogP contribution in [0.25, 0.3) is 0 Å². The van der Waals surface area contributed by atoms with Gasteiger partial charge in [-0.1, -0.05) is 25.0 Å². The summed E-state index contributed by atoms with van der Waals surface area (Å²) in [5.41, 5.74) is 0. The van der Waals surface area contributed by atoms with Crippen molar-refractivity contribution in [3.05, 3.63) is 12.2 Å². The second kappa shape index (κ2) is 6.10. The van der Waals surface area contributed by atoms with Gasteiger partial charge < -0.3 is 0 Å². The maximum atomic E-state index is 5.93. The van der Waals surface area contributed by atoms with Crippen molar-refractivity contribution in [2.75, 3.05) is 0 Å². The average Bonchev–Trinajstić information content (AvgIpc) is 1.85. The molecule has 0 aliphatic carbocycles. The monoisotopic (exact) mass is 210 g/mol. The fraction of sp³-hybridized carbons (Fsp3) is 0.750. The highest BCUT2D eigenvalue weighted by Crippen LogP contribution is 2.22. The van der Waals surface area contributed by atoms with E-state index in [9.17, 15) is 0 Å². The van der Waals surface area contributed by atoms with E-state index in [0.29, 0.717) is 0 Å². The zero-order valence-electron chi connectivity index (χ0n) is 7.24. The predicted octanol–water partition coefficient (Wildman–Crippen LogP) is 4.28. The maximum Gasteiger partial charge on any atom is 0.248 e. The average molecular weight is 211 g/mol. The van der Waals surface area contributed by atoms with Crippen molar-refractivity contribution in [3.8, 4) is 0 Å². The molecule has 0 saturated heterocycles. The molecule has 0 aromatic heterocycles. The van der Waals surface area contributed by atoms with Gasteiger partial charge in [-0.2, -0.15) is 0 Å². The molecular weight excluding hydrogens is 195 g/mol. The van der Waals surface area contributed by atoms with Crippen LogP contribution in [-0.2, 0) is 0 Å². The lowest BCUT2D eigenvalue weighted by Crippen LogP contribution is -2.11. The predicted molar refractivity (Wildman–Crippen MR) is 56.8 cm³/mol. The van der Waals surface area contributed by atoms with E-state index in [2.05, 4.69) is 12.2 Å². The van der Waals surface area contributed by atoms with Crippen LogP contribution in [0.5, 0.6) is 0 Å². The summed E-state index contributed by atoms with van der Waals surface area (Å²) in [5.74, 6) is 0. The van der Waals surface area contributed by atoms with Gasteiger partial charge >= 0.3 is 0 Å². The normalized spacial score (nSPS) is 12.7. The summed E-state index contributed by atoms with van der Waals surface area (Å²) >= 11 is 11.9. The van der Waals surface area contributed by atoms with Crippen LogP contribution in [0.2, 0.25) is 12.6 Å². The molecule has 0 aliphatic rings. The van der Waals surface area contributed by atoms with Crippen molar-refractivity contribution in [1.29, 1.82) is 0 Å². The van der Waals surface area contributed by atoms with Gasteiger partial charge in [-0.05, 0) is 25.9 Å². The second-order valence-electron chi connectivity index (χ2n) is 2.89. The summed E-state index contributed by atoms with van der Waals surface area (Å²) in [6, 6.07) is 1.02. The Morgan fingerprint density at radius 2 is 1.91 bits per heavy atom. The van der Waals surface area contributed by atoms with E-state index >= 15 is 0 Å². The molecule has 0 N–H and O–H groups in total. The van der Waals surface area contributed by atoms with Crippen LogP contribution in [0.15, 0.2) is 12.2 Å². The molecule has 0 aliphatic heterocycles. The van der Waals surface area contributed by atoms with Gasteiger partial charge in [0.2, 0.25) is 6.69 Å². The second-order valence-corrected chi connectivity index (χ2v) is 11.1. The van der Waals surface area contributed by atoms with Crippen molar-refractivity contribution < 1.29 is 0 Å². The summed E-state index contributed by atoms with van der Waals surface area (Å²) in [7, 11) is 0. The third kappa shape index (κ3) is 10.5. The summed E-state index contributed by atoms with van der Waals surface area (Å²) in [6.45, 7) is 2.22. The summed E-state index contributed by atoms with van der Waals surface area (Å²) in [5, 5.41) is 0. The molecule has 0 spiro atoms. The van der Waals surface area contributed by atoms with Gasteiger partial charge in [0.05, 0.1) is 0 Å². The molecular formula is C8H16Cl2Si. The Morgan fingerprint density at radius 1 is 1.27 bits per heavy atom. The molecule has 0 saturated carbocycles. The SMILES string of the molecule is CC=CCCCC[Si](C)(Cl)Cl. The molecule has 0 radical (unpaired) electrons. The smallest absolute Gasteiger partial charge is 0.146 e. The molecule has 0 bridgehead atoms. The number of hydrogen-bond donors (Lipinski definition) is 0. The van der Waals surface area contributed by atoms with Gasteiger partial charge in [-0.25, -0.2) is 0 Å². The Labute approximate surface area is 80.0 Å². The molecule has 0 heterocycles. The van der Waals surface area contributed by atoms with Crippen LogP contribution in [0.4, 0.5) is 0 Å². The van der Waals surface area contributed by atoms with Gasteiger partial charge in [-0.15, -0.1) is 22.2 Å². The fourth-order valence-electron chi connectivity index (χ4n) is 0.864. The lowest BCUT2D eigenvalue weighted by atomic mass is 10.2. The quantitative estimate of drug-likeness (QED) is 0.275. The highest BCUT2D eigenvalue weighted by Gasteiger charge is 2.19. The standard InChI is InChI=1S/C8H16Cl2Si/c1-3-4-5-6-7-8-11(2,9)10/h3-4H,5-8H2,1-2H3. The minimum absolute atomic E-state index is 1.02. The highest BCUT2D eigenvalue weighted by molar-refractivity contribution is 7.44. The Kier molecular flexibility index (Phi) is 6.40. The van der Waals surface area contributed by atoms with Crippen LogP contribution in [0, 0.1) is 0 Å². The first-order valence-corrected chi connectivity index (χ1v) is 8.78. The van der Waals surface area contributed by atoms with Gasteiger partial charge in [-0.3, -0.25) is 0 Å². The molecule has 0 fully saturated rings. The zero-order valence-corrected chi connectivity index (χ0v) is 9.75. The summed E-state index contributed by atoms with van der Waals surface area (Å²) in [6.07, 6.45) is 7.81. The molecule has 0 aromatic carbocycles. The van der Waals surface area contributed by atoms with E-state index in [-0.39, 0.29) is 0 Å². The number of halogens is 2. The van der Waals surface area contributed by atoms with Crippen LogP contribution in [0.3, 0.4) is 0 Å². The molecule has 3 heteroatoms. The summed E-state index contributed by atoms with van der Waals surface area (Å²) < 4.78 is 0. The van der Waals surface area contributed by atoms with E-state index in [1.807, 2.05) is 13.5 Å². The third-order valence-electron chi connectivity index (χ3n) is 1.47. The van der Waals surface area contributed by atoms with Crippen molar-refractivity contribution in [3.63, 3.8) is 0 Å². The first kappa shape index (κ1) is 11.5. The molecule has 0 amide bonds. The number of hydrogen-bond acceptors (Lipinski definition) is 0. The Morgan fingerprint density at radius 3 is 2.36 bits per heavy atom. The first-order chi connectivity index (χ1) is 5.06. The lowest BCUT2D eigenvalue weighted by Gasteiger charge is -2.07. The molecule has 11 heavy (non-hydrogen) atoms. The minimum Gasteiger partial charge on any atom is -0.146 e.